The number of aromatic nitrogens is 3. The van der Waals surface area contributed by atoms with Crippen molar-refractivity contribution < 1.29 is 9.15 Å². The standard InChI is InChI=1S/C21H15N5O2.ClH/c1-27-14-6-4-13(5-7-14)20-16(11-23)19(17-12-24-26-21(17)25-20)18-9-8-15(28-18)3-2-10-22;/h4-9,12H,10,22H2,1H3,(H,24,25,26);1H. The molecular weight excluding hydrogens is 390 g/mol. The van der Waals surface area contributed by atoms with Crippen LogP contribution in [0.4, 0.5) is 0 Å². The summed E-state index contributed by atoms with van der Waals surface area (Å²) in [6, 6.07) is 13.2. The lowest BCUT2D eigenvalue weighted by Gasteiger charge is -2.09. The number of nitrogens with two attached hydrogens (primary N) is 1. The lowest BCUT2D eigenvalue weighted by Crippen LogP contribution is -1.95. The number of furan rings is 1. The third-order valence-electron chi connectivity index (χ3n) is 4.24. The van der Waals surface area contributed by atoms with Gasteiger partial charge >= 0.3 is 0 Å². The number of methoxy groups -OCH3 is 1. The summed E-state index contributed by atoms with van der Waals surface area (Å²) in [5.41, 5.74) is 8.30. The number of nitrogens with one attached hydrogen (secondary N) is 1. The van der Waals surface area contributed by atoms with Crippen LogP contribution in [-0.4, -0.2) is 28.8 Å². The number of pyridine rings is 1. The van der Waals surface area contributed by atoms with E-state index in [0.29, 0.717) is 39.4 Å². The van der Waals surface area contributed by atoms with Crippen molar-refractivity contribution in [3.05, 3.63) is 53.9 Å². The maximum atomic E-state index is 9.94. The maximum Gasteiger partial charge on any atom is 0.177 e. The molecule has 29 heavy (non-hydrogen) atoms. The van der Waals surface area contributed by atoms with Crippen molar-refractivity contribution in [2.24, 2.45) is 5.73 Å². The Bertz CT molecular complexity index is 1260. The summed E-state index contributed by atoms with van der Waals surface area (Å²) in [6.45, 7) is 0.238. The van der Waals surface area contributed by atoms with Crippen molar-refractivity contribution in [3.63, 3.8) is 0 Å². The SMILES string of the molecule is COc1ccc(-c2nc3[nH]ncc3c(-c3ccc(C#CCN)o3)c2C#N)cc1.Cl. The zero-order chi connectivity index (χ0) is 19.5. The summed E-state index contributed by atoms with van der Waals surface area (Å²) in [5.74, 6) is 7.32. The fraction of sp³-hybridized carbons (Fsp3) is 0.0952. The number of benzene rings is 1. The van der Waals surface area contributed by atoms with Gasteiger partial charge in [0.25, 0.3) is 0 Å². The van der Waals surface area contributed by atoms with Crippen LogP contribution in [0.5, 0.6) is 5.75 Å². The van der Waals surface area contributed by atoms with E-state index in [4.69, 9.17) is 14.9 Å². The Labute approximate surface area is 172 Å². The van der Waals surface area contributed by atoms with Gasteiger partial charge in [0.1, 0.15) is 17.6 Å². The summed E-state index contributed by atoms with van der Waals surface area (Å²) < 4.78 is 11.1. The molecule has 0 unspecified atom stereocenters. The number of H-pyrrole nitrogens is 1. The number of halogens is 1. The first-order valence-electron chi connectivity index (χ1n) is 8.46. The van der Waals surface area contributed by atoms with Crippen LogP contribution in [0.2, 0.25) is 0 Å². The van der Waals surface area contributed by atoms with Gasteiger partial charge in [0, 0.05) is 11.1 Å². The Morgan fingerprint density at radius 1 is 1.21 bits per heavy atom. The van der Waals surface area contributed by atoms with E-state index in [-0.39, 0.29) is 19.0 Å². The minimum atomic E-state index is 0. The second-order valence-electron chi connectivity index (χ2n) is 5.85. The van der Waals surface area contributed by atoms with Crippen molar-refractivity contribution in [3.8, 4) is 46.2 Å². The first-order chi connectivity index (χ1) is 13.7. The summed E-state index contributed by atoms with van der Waals surface area (Å²) >= 11 is 0. The Hall–Kier alpha value is -3.78. The van der Waals surface area contributed by atoms with Crippen molar-refractivity contribution in [2.75, 3.05) is 13.7 Å². The number of hydrogen-bond acceptors (Lipinski definition) is 6. The molecule has 0 aliphatic carbocycles. The lowest BCUT2D eigenvalue weighted by atomic mass is 9.98. The van der Waals surface area contributed by atoms with Gasteiger partial charge in [-0.15, -0.1) is 12.4 Å². The topological polar surface area (TPSA) is 114 Å². The van der Waals surface area contributed by atoms with Crippen molar-refractivity contribution in [2.45, 2.75) is 0 Å². The third kappa shape index (κ3) is 3.65. The van der Waals surface area contributed by atoms with Crippen LogP contribution in [-0.2, 0) is 0 Å². The second-order valence-corrected chi connectivity index (χ2v) is 5.85. The predicted molar refractivity (Wildman–Crippen MR) is 111 cm³/mol. The highest BCUT2D eigenvalue weighted by Crippen LogP contribution is 2.37. The Morgan fingerprint density at radius 2 is 2.00 bits per heavy atom. The lowest BCUT2D eigenvalue weighted by molar-refractivity contribution is 0.415. The van der Waals surface area contributed by atoms with Crippen LogP contribution < -0.4 is 10.5 Å². The summed E-state index contributed by atoms with van der Waals surface area (Å²) in [5, 5.41) is 17.6. The zero-order valence-corrected chi connectivity index (χ0v) is 16.2. The molecule has 0 bridgehead atoms. The highest BCUT2D eigenvalue weighted by atomic mass is 35.5. The summed E-state index contributed by atoms with van der Waals surface area (Å²) in [7, 11) is 1.60. The molecule has 0 amide bonds. The molecule has 1 aromatic carbocycles. The monoisotopic (exact) mass is 405 g/mol. The Morgan fingerprint density at radius 3 is 2.69 bits per heavy atom. The molecule has 0 radical (unpaired) electrons. The Balaban J connectivity index is 0.00000240. The minimum Gasteiger partial charge on any atom is -0.497 e. The quantitative estimate of drug-likeness (QED) is 0.504. The van der Waals surface area contributed by atoms with Gasteiger partial charge in [-0.1, -0.05) is 5.92 Å². The normalized spacial score (nSPS) is 9.97. The van der Waals surface area contributed by atoms with Gasteiger partial charge in [-0.2, -0.15) is 10.4 Å². The van der Waals surface area contributed by atoms with Gasteiger partial charge < -0.3 is 14.9 Å². The fourth-order valence-corrected chi connectivity index (χ4v) is 2.97. The number of hydrogen-bond donors (Lipinski definition) is 2. The molecule has 3 aromatic heterocycles. The molecule has 4 aromatic rings. The highest BCUT2D eigenvalue weighted by molar-refractivity contribution is 5.97. The van der Waals surface area contributed by atoms with E-state index in [2.05, 4.69) is 33.1 Å². The molecule has 3 N–H and O–H groups in total. The first kappa shape index (κ1) is 20.0. The molecule has 4 rings (SSSR count). The third-order valence-corrected chi connectivity index (χ3v) is 4.24. The zero-order valence-electron chi connectivity index (χ0n) is 15.4. The highest BCUT2D eigenvalue weighted by Gasteiger charge is 2.21. The number of fused-ring (bicyclic) bond motifs is 1. The van der Waals surface area contributed by atoms with E-state index in [9.17, 15) is 5.26 Å². The van der Waals surface area contributed by atoms with Crippen molar-refractivity contribution in [1.29, 1.82) is 5.26 Å². The number of nitriles is 1. The minimum absolute atomic E-state index is 0. The summed E-state index contributed by atoms with van der Waals surface area (Å²) in [6.07, 6.45) is 1.63. The van der Waals surface area contributed by atoms with Crippen molar-refractivity contribution >= 4 is 23.4 Å². The summed E-state index contributed by atoms with van der Waals surface area (Å²) in [4.78, 5) is 4.61. The fourth-order valence-electron chi connectivity index (χ4n) is 2.97. The second kappa shape index (κ2) is 8.49. The smallest absolute Gasteiger partial charge is 0.177 e. The molecule has 0 atom stereocenters. The van der Waals surface area contributed by atoms with E-state index in [1.807, 2.05) is 24.3 Å². The number of ether oxygens (including phenoxy) is 1. The molecular formula is C21H16ClN5O2. The average Bonchev–Trinajstić information content (AvgIpc) is 3.40. The van der Waals surface area contributed by atoms with Gasteiger partial charge in [0.15, 0.2) is 11.4 Å². The van der Waals surface area contributed by atoms with Gasteiger partial charge in [0.2, 0.25) is 0 Å². The predicted octanol–water partition coefficient (Wildman–Crippen LogP) is 3.50. The maximum absolute atomic E-state index is 9.94. The molecule has 3 heterocycles. The first-order valence-corrected chi connectivity index (χ1v) is 8.46. The number of aromatic amines is 1. The van der Waals surface area contributed by atoms with Gasteiger partial charge in [-0.25, -0.2) is 4.98 Å². The molecule has 0 aliphatic heterocycles. The average molecular weight is 406 g/mol. The van der Waals surface area contributed by atoms with E-state index >= 15 is 0 Å². The molecule has 7 nitrogen and oxygen atoms in total. The number of nitrogens with zero attached hydrogens (tertiary/aromatic N) is 3. The van der Waals surface area contributed by atoms with Gasteiger partial charge in [0.05, 0.1) is 36.5 Å². The van der Waals surface area contributed by atoms with Crippen LogP contribution in [0, 0.1) is 23.2 Å². The van der Waals surface area contributed by atoms with Crippen LogP contribution >= 0.6 is 12.4 Å². The Kier molecular flexibility index (Phi) is 5.85. The molecule has 0 fully saturated rings. The molecule has 0 saturated heterocycles. The largest absolute Gasteiger partial charge is 0.497 e. The van der Waals surface area contributed by atoms with E-state index in [1.54, 1.807) is 25.4 Å². The molecule has 144 valence electrons. The molecule has 8 heteroatoms. The van der Waals surface area contributed by atoms with Crippen LogP contribution in [0.1, 0.15) is 11.3 Å². The van der Waals surface area contributed by atoms with Gasteiger partial charge in [-0.05, 0) is 42.3 Å². The van der Waals surface area contributed by atoms with Crippen LogP contribution in [0.3, 0.4) is 0 Å². The van der Waals surface area contributed by atoms with Gasteiger partial charge in [-0.3, -0.25) is 5.10 Å². The number of rotatable bonds is 3. The van der Waals surface area contributed by atoms with E-state index in [0.717, 1.165) is 11.3 Å². The molecule has 0 saturated carbocycles. The van der Waals surface area contributed by atoms with E-state index in [1.165, 1.54) is 0 Å². The molecule has 0 aliphatic rings. The van der Waals surface area contributed by atoms with Crippen LogP contribution in [0.25, 0.3) is 33.6 Å². The van der Waals surface area contributed by atoms with E-state index < -0.39 is 0 Å². The van der Waals surface area contributed by atoms with Crippen LogP contribution in [0.15, 0.2) is 47.0 Å². The molecule has 0 spiro atoms. The van der Waals surface area contributed by atoms with Crippen molar-refractivity contribution in [1.82, 2.24) is 15.2 Å².